The number of anilines is 1. The maximum Gasteiger partial charge on any atom is 0.339 e. The van der Waals surface area contributed by atoms with E-state index < -0.39 is 11.9 Å². The van der Waals surface area contributed by atoms with E-state index in [1.807, 2.05) is 0 Å². The van der Waals surface area contributed by atoms with Crippen LogP contribution in [0.15, 0.2) is 18.2 Å². The van der Waals surface area contributed by atoms with E-state index in [4.69, 9.17) is 22.1 Å². The smallest absolute Gasteiger partial charge is 0.339 e. The highest BCUT2D eigenvalue weighted by atomic mass is 35.5. The average Bonchev–Trinajstić information content (AvgIpc) is 2.28. The lowest BCUT2D eigenvalue weighted by Gasteiger charge is -2.06. The van der Waals surface area contributed by atoms with Crippen molar-refractivity contribution in [3.63, 3.8) is 0 Å². The topological polar surface area (TPSA) is 78.6 Å². The molecule has 0 aliphatic heterocycles. The largest absolute Gasteiger partial charge is 0.469 e. The summed E-state index contributed by atoms with van der Waals surface area (Å²) in [5, 5.41) is 0.216. The van der Waals surface area contributed by atoms with E-state index in [9.17, 15) is 9.59 Å². The molecular weight excluding hydrogens is 246 g/mol. The lowest BCUT2D eigenvalue weighted by molar-refractivity contribution is -0.141. The van der Waals surface area contributed by atoms with Crippen LogP contribution in [0, 0.1) is 0 Å². The van der Waals surface area contributed by atoms with Gasteiger partial charge in [-0.05, 0) is 18.2 Å². The molecule has 17 heavy (non-hydrogen) atoms. The van der Waals surface area contributed by atoms with Crippen LogP contribution < -0.4 is 5.73 Å². The SMILES string of the molecule is COC(=O)CCOC(=O)c1ccc(N)cc1Cl. The van der Waals surface area contributed by atoms with Crippen LogP contribution in [0.3, 0.4) is 0 Å². The molecule has 0 fully saturated rings. The lowest BCUT2D eigenvalue weighted by Crippen LogP contribution is -2.11. The Balaban J connectivity index is 2.55. The molecule has 0 atom stereocenters. The number of methoxy groups -OCH3 is 1. The molecule has 0 heterocycles. The summed E-state index contributed by atoms with van der Waals surface area (Å²) >= 11 is 5.82. The predicted octanol–water partition coefficient (Wildman–Crippen LogP) is 1.64. The van der Waals surface area contributed by atoms with Crippen LogP contribution >= 0.6 is 11.6 Å². The van der Waals surface area contributed by atoms with Gasteiger partial charge in [-0.3, -0.25) is 4.79 Å². The Kier molecular flexibility index (Phi) is 4.78. The third-order valence-electron chi connectivity index (χ3n) is 1.98. The minimum atomic E-state index is -0.598. The molecule has 0 saturated carbocycles. The first kappa shape index (κ1) is 13.3. The molecule has 0 aliphatic carbocycles. The van der Waals surface area contributed by atoms with Crippen LogP contribution in [0.4, 0.5) is 5.69 Å². The Bertz CT molecular complexity index is 433. The molecule has 0 radical (unpaired) electrons. The van der Waals surface area contributed by atoms with Crippen molar-refractivity contribution in [3.05, 3.63) is 28.8 Å². The number of halogens is 1. The summed E-state index contributed by atoms with van der Waals surface area (Å²) in [6.07, 6.45) is 0.00876. The number of hydrogen-bond acceptors (Lipinski definition) is 5. The second-order valence-corrected chi connectivity index (χ2v) is 3.61. The van der Waals surface area contributed by atoms with Crippen molar-refractivity contribution in [2.75, 3.05) is 19.5 Å². The Morgan fingerprint density at radius 2 is 2.12 bits per heavy atom. The van der Waals surface area contributed by atoms with Crippen molar-refractivity contribution < 1.29 is 19.1 Å². The van der Waals surface area contributed by atoms with Crippen molar-refractivity contribution in [2.45, 2.75) is 6.42 Å². The quantitative estimate of drug-likeness (QED) is 0.655. The van der Waals surface area contributed by atoms with E-state index in [0.717, 1.165) is 0 Å². The Morgan fingerprint density at radius 3 is 2.71 bits per heavy atom. The summed E-state index contributed by atoms with van der Waals surface area (Å²) < 4.78 is 9.26. The summed E-state index contributed by atoms with van der Waals surface area (Å²) in [7, 11) is 1.26. The minimum Gasteiger partial charge on any atom is -0.469 e. The van der Waals surface area contributed by atoms with Crippen molar-refractivity contribution in [3.8, 4) is 0 Å². The molecular formula is C11H12ClNO4. The fourth-order valence-electron chi connectivity index (χ4n) is 1.10. The van der Waals surface area contributed by atoms with Gasteiger partial charge in [0, 0.05) is 5.69 Å². The van der Waals surface area contributed by atoms with E-state index >= 15 is 0 Å². The Labute approximate surface area is 103 Å². The first-order chi connectivity index (χ1) is 8.04. The van der Waals surface area contributed by atoms with Gasteiger partial charge in [0.25, 0.3) is 0 Å². The molecule has 1 rings (SSSR count). The highest BCUT2D eigenvalue weighted by Gasteiger charge is 2.12. The molecule has 2 N–H and O–H groups in total. The summed E-state index contributed by atoms with van der Waals surface area (Å²) in [6, 6.07) is 4.47. The fraction of sp³-hybridized carbons (Fsp3) is 0.273. The minimum absolute atomic E-state index is 0.00876. The lowest BCUT2D eigenvalue weighted by atomic mass is 10.2. The maximum atomic E-state index is 11.5. The summed E-state index contributed by atoms with van der Waals surface area (Å²) in [4.78, 5) is 22.3. The van der Waals surface area contributed by atoms with Crippen molar-refractivity contribution in [2.24, 2.45) is 0 Å². The van der Waals surface area contributed by atoms with Crippen LogP contribution in [0.25, 0.3) is 0 Å². The van der Waals surface area contributed by atoms with E-state index in [0.29, 0.717) is 5.69 Å². The van der Waals surface area contributed by atoms with Crippen LogP contribution in [0.5, 0.6) is 0 Å². The molecule has 1 aromatic rings. The van der Waals surface area contributed by atoms with Gasteiger partial charge in [-0.25, -0.2) is 4.79 Å². The van der Waals surface area contributed by atoms with E-state index in [1.54, 1.807) is 6.07 Å². The zero-order valence-electron chi connectivity index (χ0n) is 9.23. The van der Waals surface area contributed by atoms with Crippen molar-refractivity contribution in [1.29, 1.82) is 0 Å². The number of benzene rings is 1. The van der Waals surface area contributed by atoms with Gasteiger partial charge in [0.2, 0.25) is 0 Å². The third kappa shape index (κ3) is 3.96. The zero-order chi connectivity index (χ0) is 12.8. The molecule has 0 spiro atoms. The molecule has 0 unspecified atom stereocenters. The molecule has 6 heteroatoms. The van der Waals surface area contributed by atoms with Gasteiger partial charge in [0.1, 0.15) is 6.61 Å². The average molecular weight is 258 g/mol. The first-order valence-electron chi connectivity index (χ1n) is 4.83. The molecule has 92 valence electrons. The summed E-state index contributed by atoms with van der Waals surface area (Å²) in [5.74, 6) is -1.04. The number of nitrogen functional groups attached to an aromatic ring is 1. The summed E-state index contributed by atoms with van der Waals surface area (Å²) in [6.45, 7) is -0.0494. The zero-order valence-corrected chi connectivity index (χ0v) is 9.99. The second-order valence-electron chi connectivity index (χ2n) is 3.20. The molecule has 1 aromatic carbocycles. The Morgan fingerprint density at radius 1 is 1.41 bits per heavy atom. The Hall–Kier alpha value is -1.75. The molecule has 0 aliphatic rings. The van der Waals surface area contributed by atoms with E-state index in [1.165, 1.54) is 19.2 Å². The molecule has 0 aromatic heterocycles. The molecule has 0 amide bonds. The van der Waals surface area contributed by atoms with Gasteiger partial charge >= 0.3 is 11.9 Å². The number of carbonyl (C=O) groups excluding carboxylic acids is 2. The van der Waals surface area contributed by atoms with Gasteiger partial charge < -0.3 is 15.2 Å². The number of hydrogen-bond donors (Lipinski definition) is 1. The number of rotatable bonds is 4. The van der Waals surface area contributed by atoms with Gasteiger partial charge in [-0.1, -0.05) is 11.6 Å². The maximum absolute atomic E-state index is 11.5. The highest BCUT2D eigenvalue weighted by molar-refractivity contribution is 6.33. The molecule has 0 bridgehead atoms. The van der Waals surface area contributed by atoms with Crippen molar-refractivity contribution >= 4 is 29.2 Å². The molecule has 5 nitrogen and oxygen atoms in total. The number of nitrogens with two attached hydrogens (primary N) is 1. The van der Waals surface area contributed by atoms with Crippen LogP contribution in [-0.4, -0.2) is 25.7 Å². The monoisotopic (exact) mass is 257 g/mol. The van der Waals surface area contributed by atoms with E-state index in [2.05, 4.69) is 4.74 Å². The van der Waals surface area contributed by atoms with Crippen LogP contribution in [-0.2, 0) is 14.3 Å². The fourth-order valence-corrected chi connectivity index (χ4v) is 1.37. The van der Waals surface area contributed by atoms with E-state index in [-0.39, 0.29) is 23.6 Å². The summed E-state index contributed by atoms with van der Waals surface area (Å²) in [5.41, 5.74) is 6.16. The second kappa shape index (κ2) is 6.10. The predicted molar refractivity (Wildman–Crippen MR) is 62.8 cm³/mol. The van der Waals surface area contributed by atoms with Gasteiger partial charge in [-0.15, -0.1) is 0 Å². The standard InChI is InChI=1S/C11H12ClNO4/c1-16-10(14)4-5-17-11(15)8-3-2-7(13)6-9(8)12/h2-3,6H,4-5,13H2,1H3. The number of ether oxygens (including phenoxy) is 2. The first-order valence-corrected chi connectivity index (χ1v) is 5.21. The third-order valence-corrected chi connectivity index (χ3v) is 2.29. The van der Waals surface area contributed by atoms with Gasteiger partial charge in [-0.2, -0.15) is 0 Å². The normalized spacial score (nSPS) is 9.76. The van der Waals surface area contributed by atoms with Crippen LogP contribution in [0.1, 0.15) is 16.8 Å². The number of carbonyl (C=O) groups is 2. The van der Waals surface area contributed by atoms with Crippen molar-refractivity contribution in [1.82, 2.24) is 0 Å². The molecule has 0 saturated heterocycles. The highest BCUT2D eigenvalue weighted by Crippen LogP contribution is 2.19. The number of esters is 2. The van der Waals surface area contributed by atoms with Gasteiger partial charge in [0.05, 0.1) is 24.1 Å². The van der Waals surface area contributed by atoms with Gasteiger partial charge in [0.15, 0.2) is 0 Å². The van der Waals surface area contributed by atoms with Crippen LogP contribution in [0.2, 0.25) is 5.02 Å².